The minimum atomic E-state index is -3.33. The fraction of sp³-hybridized carbons (Fsp3) is 0.900. The molecule has 0 rings (SSSR count). The molecule has 0 aromatic heterocycles. The molecule has 6 heteroatoms. The Morgan fingerprint density at radius 2 is 1.81 bits per heavy atom. The van der Waals surface area contributed by atoms with Gasteiger partial charge in [0.05, 0.1) is 12.8 Å². The quantitative estimate of drug-likeness (QED) is 0.749. The van der Waals surface area contributed by atoms with E-state index >= 15 is 0 Å². The number of nitrogens with zero attached hydrogens (tertiary/aromatic N) is 1. The zero-order valence-corrected chi connectivity index (χ0v) is 11.5. The molecule has 1 atom stereocenters. The van der Waals surface area contributed by atoms with Crippen LogP contribution in [0.2, 0.25) is 0 Å². The van der Waals surface area contributed by atoms with Crippen LogP contribution >= 0.6 is 0 Å². The predicted molar refractivity (Wildman–Crippen MR) is 64.6 cm³/mol. The van der Waals surface area contributed by atoms with Crippen molar-refractivity contribution in [3.8, 4) is 0 Å². The monoisotopic (exact) mass is 250 g/mol. The van der Waals surface area contributed by atoms with Crippen LogP contribution in [0.5, 0.6) is 0 Å². The van der Waals surface area contributed by atoms with E-state index in [1.54, 1.807) is 13.8 Å². The highest BCUT2D eigenvalue weighted by Gasteiger charge is 2.23. The smallest absolute Gasteiger partial charge is 0.235 e. The Hall–Kier alpha value is -0.620. The fourth-order valence-corrected chi connectivity index (χ4v) is 2.36. The number of nitrogens with one attached hydrogen (secondary N) is 1. The van der Waals surface area contributed by atoms with Crippen molar-refractivity contribution in [2.75, 3.05) is 12.8 Å². The van der Waals surface area contributed by atoms with Crippen molar-refractivity contribution >= 4 is 15.9 Å². The van der Waals surface area contributed by atoms with E-state index in [0.717, 1.165) is 12.7 Å². The lowest BCUT2D eigenvalue weighted by molar-refractivity contribution is -0.122. The Kier molecular flexibility index (Phi) is 5.96. The maximum atomic E-state index is 11.6. The SMILES string of the molecule is CCC(C)NC(=O)CN(C(C)C)S(C)(=O)=O. The van der Waals surface area contributed by atoms with E-state index in [2.05, 4.69) is 5.32 Å². The number of hydrogen-bond acceptors (Lipinski definition) is 3. The van der Waals surface area contributed by atoms with Gasteiger partial charge in [0.15, 0.2) is 0 Å². The first kappa shape index (κ1) is 15.4. The van der Waals surface area contributed by atoms with Crippen LogP contribution in [-0.4, -0.2) is 43.5 Å². The molecule has 0 fully saturated rings. The van der Waals surface area contributed by atoms with E-state index in [1.807, 2.05) is 13.8 Å². The van der Waals surface area contributed by atoms with Gasteiger partial charge in [0.25, 0.3) is 0 Å². The van der Waals surface area contributed by atoms with E-state index in [9.17, 15) is 13.2 Å². The van der Waals surface area contributed by atoms with Crippen LogP contribution in [0, 0.1) is 0 Å². The Bertz CT molecular complexity index is 325. The average molecular weight is 250 g/mol. The maximum absolute atomic E-state index is 11.6. The highest BCUT2D eigenvalue weighted by molar-refractivity contribution is 7.88. The summed E-state index contributed by atoms with van der Waals surface area (Å²) in [4.78, 5) is 11.6. The molecular formula is C10H22N2O3S. The molecule has 0 radical (unpaired) electrons. The zero-order chi connectivity index (χ0) is 12.9. The summed E-state index contributed by atoms with van der Waals surface area (Å²) in [7, 11) is -3.33. The molecule has 0 aliphatic rings. The molecule has 0 saturated carbocycles. The summed E-state index contributed by atoms with van der Waals surface area (Å²) >= 11 is 0. The predicted octanol–water partition coefficient (Wildman–Crippen LogP) is 0.571. The highest BCUT2D eigenvalue weighted by Crippen LogP contribution is 2.04. The van der Waals surface area contributed by atoms with Crippen LogP contribution in [0.15, 0.2) is 0 Å². The lowest BCUT2D eigenvalue weighted by Crippen LogP contribution is -2.45. The first-order valence-corrected chi connectivity index (χ1v) is 7.29. The Morgan fingerprint density at radius 3 is 2.12 bits per heavy atom. The van der Waals surface area contributed by atoms with E-state index in [1.165, 1.54) is 4.31 Å². The molecule has 0 aliphatic heterocycles. The minimum Gasteiger partial charge on any atom is -0.353 e. The number of amides is 1. The van der Waals surface area contributed by atoms with Crippen molar-refractivity contribution in [3.05, 3.63) is 0 Å². The third-order valence-electron chi connectivity index (χ3n) is 2.32. The second-order valence-electron chi connectivity index (χ2n) is 4.28. The molecule has 0 aliphatic carbocycles. The summed E-state index contributed by atoms with van der Waals surface area (Å²) < 4.78 is 24.0. The van der Waals surface area contributed by atoms with Crippen LogP contribution in [0.3, 0.4) is 0 Å². The van der Waals surface area contributed by atoms with Gasteiger partial charge in [0.1, 0.15) is 0 Å². The van der Waals surface area contributed by atoms with Crippen LogP contribution < -0.4 is 5.32 Å². The van der Waals surface area contributed by atoms with E-state index in [4.69, 9.17) is 0 Å². The van der Waals surface area contributed by atoms with Crippen LogP contribution in [0.1, 0.15) is 34.1 Å². The molecule has 0 aromatic rings. The van der Waals surface area contributed by atoms with Crippen LogP contribution in [-0.2, 0) is 14.8 Å². The van der Waals surface area contributed by atoms with Crippen molar-refractivity contribution < 1.29 is 13.2 Å². The lowest BCUT2D eigenvalue weighted by Gasteiger charge is -2.24. The molecule has 5 nitrogen and oxygen atoms in total. The molecule has 1 unspecified atom stereocenters. The summed E-state index contributed by atoms with van der Waals surface area (Å²) in [6, 6.07) is -0.140. The molecule has 96 valence electrons. The number of carbonyl (C=O) groups is 1. The Balaban J connectivity index is 4.49. The molecule has 1 amide bonds. The average Bonchev–Trinajstić information content (AvgIpc) is 2.11. The Morgan fingerprint density at radius 1 is 1.31 bits per heavy atom. The first-order valence-electron chi connectivity index (χ1n) is 5.44. The first-order chi connectivity index (χ1) is 7.18. The van der Waals surface area contributed by atoms with Crippen molar-refractivity contribution in [3.63, 3.8) is 0 Å². The number of carbonyl (C=O) groups excluding carboxylic acids is 1. The third kappa shape index (κ3) is 5.46. The van der Waals surface area contributed by atoms with Crippen molar-refractivity contribution in [2.24, 2.45) is 0 Å². The van der Waals surface area contributed by atoms with Crippen molar-refractivity contribution in [2.45, 2.75) is 46.2 Å². The topological polar surface area (TPSA) is 66.5 Å². The lowest BCUT2D eigenvalue weighted by atomic mass is 10.2. The summed E-state index contributed by atoms with van der Waals surface area (Å²) in [5.41, 5.74) is 0. The standard InChI is InChI=1S/C10H22N2O3S/c1-6-9(4)11-10(13)7-12(8(2)3)16(5,14)15/h8-9H,6-7H2,1-5H3,(H,11,13). The molecule has 16 heavy (non-hydrogen) atoms. The second kappa shape index (κ2) is 6.20. The second-order valence-corrected chi connectivity index (χ2v) is 6.21. The number of sulfonamides is 1. The van der Waals surface area contributed by atoms with Gasteiger partial charge in [-0.3, -0.25) is 4.79 Å². The molecule has 1 N–H and O–H groups in total. The maximum Gasteiger partial charge on any atom is 0.235 e. The molecule has 0 saturated heterocycles. The number of hydrogen-bond donors (Lipinski definition) is 1. The summed E-state index contributed by atoms with van der Waals surface area (Å²) in [5, 5.41) is 2.74. The summed E-state index contributed by atoms with van der Waals surface area (Å²) in [6.07, 6.45) is 1.94. The van der Waals surface area contributed by atoms with Gasteiger partial charge in [-0.2, -0.15) is 4.31 Å². The third-order valence-corrected chi connectivity index (χ3v) is 3.72. The molecule has 0 heterocycles. The van der Waals surface area contributed by atoms with Gasteiger partial charge in [0.2, 0.25) is 15.9 Å². The van der Waals surface area contributed by atoms with Crippen molar-refractivity contribution in [1.29, 1.82) is 0 Å². The normalized spacial score (nSPS) is 14.2. The van der Waals surface area contributed by atoms with Gasteiger partial charge in [-0.15, -0.1) is 0 Å². The Labute approximate surface area is 98.3 Å². The van der Waals surface area contributed by atoms with Gasteiger partial charge in [0, 0.05) is 12.1 Å². The van der Waals surface area contributed by atoms with Crippen LogP contribution in [0.25, 0.3) is 0 Å². The molecular weight excluding hydrogens is 228 g/mol. The zero-order valence-electron chi connectivity index (χ0n) is 10.6. The summed E-state index contributed by atoms with van der Waals surface area (Å²) in [5.74, 6) is -0.256. The van der Waals surface area contributed by atoms with E-state index in [-0.39, 0.29) is 24.5 Å². The molecule has 0 bridgehead atoms. The fourth-order valence-electron chi connectivity index (χ4n) is 1.25. The van der Waals surface area contributed by atoms with Gasteiger partial charge in [-0.1, -0.05) is 6.92 Å². The van der Waals surface area contributed by atoms with Gasteiger partial charge < -0.3 is 5.32 Å². The van der Waals surface area contributed by atoms with Crippen LogP contribution in [0.4, 0.5) is 0 Å². The highest BCUT2D eigenvalue weighted by atomic mass is 32.2. The minimum absolute atomic E-state index is 0.0704. The van der Waals surface area contributed by atoms with E-state index < -0.39 is 10.0 Å². The van der Waals surface area contributed by atoms with Gasteiger partial charge in [-0.25, -0.2) is 8.42 Å². The van der Waals surface area contributed by atoms with E-state index in [0.29, 0.717) is 0 Å². The molecule has 0 spiro atoms. The van der Waals surface area contributed by atoms with Crippen molar-refractivity contribution in [1.82, 2.24) is 9.62 Å². The van der Waals surface area contributed by atoms with Gasteiger partial charge >= 0.3 is 0 Å². The molecule has 0 aromatic carbocycles. The largest absolute Gasteiger partial charge is 0.353 e. The summed E-state index contributed by atoms with van der Waals surface area (Å²) in [6.45, 7) is 7.23. The van der Waals surface area contributed by atoms with Gasteiger partial charge in [-0.05, 0) is 27.2 Å². The number of rotatable bonds is 6.